The Labute approximate surface area is 105 Å². The average Bonchev–Trinajstić information content (AvgIpc) is 3.09. The Morgan fingerprint density at radius 1 is 1.59 bits per heavy atom. The van der Waals surface area contributed by atoms with Crippen molar-refractivity contribution in [1.29, 1.82) is 0 Å². The predicted octanol–water partition coefficient (Wildman–Crippen LogP) is 3.32. The zero-order valence-corrected chi connectivity index (χ0v) is 10.4. The SMILES string of the molecule is COc1c(Cl)cccc1C(CC(=O)O)C1CC1. The molecule has 0 aliphatic heterocycles. The topological polar surface area (TPSA) is 46.5 Å². The summed E-state index contributed by atoms with van der Waals surface area (Å²) in [6.45, 7) is 0. The molecule has 1 N–H and O–H groups in total. The number of benzene rings is 1. The number of rotatable bonds is 5. The first kappa shape index (κ1) is 12.2. The minimum atomic E-state index is -0.774. The molecule has 1 atom stereocenters. The lowest BCUT2D eigenvalue weighted by molar-refractivity contribution is -0.137. The van der Waals surface area contributed by atoms with Gasteiger partial charge in [-0.05, 0) is 30.4 Å². The molecule has 4 heteroatoms. The number of carboxylic acids is 1. The second-order valence-corrected chi connectivity index (χ2v) is 4.81. The third kappa shape index (κ3) is 2.72. The number of carbonyl (C=O) groups is 1. The maximum Gasteiger partial charge on any atom is 0.303 e. The van der Waals surface area contributed by atoms with Gasteiger partial charge in [-0.1, -0.05) is 23.7 Å². The first-order valence-electron chi connectivity index (χ1n) is 5.67. The Bertz CT molecular complexity index is 427. The number of aliphatic carboxylic acids is 1. The number of para-hydroxylation sites is 1. The van der Waals surface area contributed by atoms with E-state index in [0.717, 1.165) is 18.4 Å². The molecule has 1 saturated carbocycles. The third-order valence-corrected chi connectivity index (χ3v) is 3.48. The van der Waals surface area contributed by atoms with Crippen LogP contribution in [0.1, 0.15) is 30.7 Å². The standard InChI is InChI=1S/C13H15ClO3/c1-17-13-9(3-2-4-11(13)14)10(7-12(15)16)8-5-6-8/h2-4,8,10H,5-7H2,1H3,(H,15,16). The molecule has 1 unspecified atom stereocenters. The molecule has 17 heavy (non-hydrogen) atoms. The van der Waals surface area contributed by atoms with Gasteiger partial charge in [0.1, 0.15) is 5.75 Å². The Balaban J connectivity index is 2.34. The van der Waals surface area contributed by atoms with Crippen molar-refractivity contribution in [3.05, 3.63) is 28.8 Å². The summed E-state index contributed by atoms with van der Waals surface area (Å²) in [6, 6.07) is 5.52. The van der Waals surface area contributed by atoms with Gasteiger partial charge in [0.15, 0.2) is 0 Å². The normalized spacial score (nSPS) is 16.6. The summed E-state index contributed by atoms with van der Waals surface area (Å²) in [4.78, 5) is 10.9. The number of hydrogen-bond acceptors (Lipinski definition) is 2. The van der Waals surface area contributed by atoms with Crippen molar-refractivity contribution in [3.8, 4) is 5.75 Å². The minimum absolute atomic E-state index is 0.0150. The Hall–Kier alpha value is -1.22. The summed E-state index contributed by atoms with van der Waals surface area (Å²) in [5.41, 5.74) is 0.921. The van der Waals surface area contributed by atoms with Gasteiger partial charge >= 0.3 is 5.97 Å². The van der Waals surface area contributed by atoms with Gasteiger partial charge in [-0.25, -0.2) is 0 Å². The van der Waals surface area contributed by atoms with Crippen LogP contribution in [-0.4, -0.2) is 18.2 Å². The van der Waals surface area contributed by atoms with Crippen LogP contribution in [0.25, 0.3) is 0 Å². The molecule has 0 saturated heterocycles. The van der Waals surface area contributed by atoms with Crippen LogP contribution in [0.2, 0.25) is 5.02 Å². The Morgan fingerprint density at radius 2 is 2.29 bits per heavy atom. The maximum absolute atomic E-state index is 10.9. The Kier molecular flexibility index (Phi) is 3.57. The zero-order valence-electron chi connectivity index (χ0n) is 9.65. The van der Waals surface area contributed by atoms with Crippen molar-refractivity contribution in [1.82, 2.24) is 0 Å². The van der Waals surface area contributed by atoms with Crippen molar-refractivity contribution >= 4 is 17.6 Å². The number of hydrogen-bond donors (Lipinski definition) is 1. The van der Waals surface area contributed by atoms with Gasteiger partial charge in [0.05, 0.1) is 18.6 Å². The van der Waals surface area contributed by atoms with E-state index in [1.807, 2.05) is 12.1 Å². The number of halogens is 1. The van der Waals surface area contributed by atoms with Gasteiger partial charge < -0.3 is 9.84 Å². The fourth-order valence-electron chi connectivity index (χ4n) is 2.25. The lowest BCUT2D eigenvalue weighted by Gasteiger charge is -2.18. The molecular formula is C13H15ClO3. The lowest BCUT2D eigenvalue weighted by atomic mass is 9.90. The molecule has 1 aliphatic carbocycles. The molecule has 0 bridgehead atoms. The van der Waals surface area contributed by atoms with Gasteiger partial charge in [0.2, 0.25) is 0 Å². The maximum atomic E-state index is 10.9. The monoisotopic (exact) mass is 254 g/mol. The number of carboxylic acid groups (broad SMARTS) is 1. The molecule has 0 heterocycles. The molecule has 0 aromatic heterocycles. The molecule has 1 aromatic rings. The molecule has 1 aliphatic rings. The highest BCUT2D eigenvalue weighted by Crippen LogP contribution is 2.48. The van der Waals surface area contributed by atoms with Crippen LogP contribution in [0.5, 0.6) is 5.75 Å². The highest BCUT2D eigenvalue weighted by Gasteiger charge is 2.35. The van der Waals surface area contributed by atoms with Crippen LogP contribution in [0, 0.1) is 5.92 Å². The number of methoxy groups -OCH3 is 1. The van der Waals surface area contributed by atoms with E-state index in [4.69, 9.17) is 21.4 Å². The molecule has 92 valence electrons. The smallest absolute Gasteiger partial charge is 0.303 e. The lowest BCUT2D eigenvalue weighted by Crippen LogP contribution is -2.09. The molecule has 3 nitrogen and oxygen atoms in total. The highest BCUT2D eigenvalue weighted by molar-refractivity contribution is 6.32. The summed E-state index contributed by atoms with van der Waals surface area (Å²) in [7, 11) is 1.56. The quantitative estimate of drug-likeness (QED) is 0.877. The fourth-order valence-corrected chi connectivity index (χ4v) is 2.51. The van der Waals surface area contributed by atoms with Crippen LogP contribution in [0.15, 0.2) is 18.2 Å². The van der Waals surface area contributed by atoms with Crippen LogP contribution in [0.3, 0.4) is 0 Å². The first-order chi connectivity index (χ1) is 8.13. The van der Waals surface area contributed by atoms with Crippen molar-refractivity contribution in [2.75, 3.05) is 7.11 Å². The average molecular weight is 255 g/mol. The molecule has 1 aromatic carbocycles. The molecular weight excluding hydrogens is 240 g/mol. The van der Waals surface area contributed by atoms with Crippen LogP contribution in [-0.2, 0) is 4.79 Å². The molecule has 2 rings (SSSR count). The highest BCUT2D eigenvalue weighted by atomic mass is 35.5. The summed E-state index contributed by atoms with van der Waals surface area (Å²) in [6.07, 6.45) is 2.32. The van der Waals surface area contributed by atoms with Crippen LogP contribution in [0.4, 0.5) is 0 Å². The van der Waals surface area contributed by atoms with Crippen LogP contribution >= 0.6 is 11.6 Å². The van der Waals surface area contributed by atoms with Gasteiger partial charge in [-0.2, -0.15) is 0 Å². The summed E-state index contributed by atoms with van der Waals surface area (Å²) in [5, 5.41) is 9.52. The van der Waals surface area contributed by atoms with Gasteiger partial charge in [-0.15, -0.1) is 0 Å². The second kappa shape index (κ2) is 4.96. The first-order valence-corrected chi connectivity index (χ1v) is 6.05. The summed E-state index contributed by atoms with van der Waals surface area (Å²) < 4.78 is 5.29. The van der Waals surface area contributed by atoms with E-state index in [0.29, 0.717) is 16.7 Å². The van der Waals surface area contributed by atoms with E-state index in [1.165, 1.54) is 0 Å². The fraction of sp³-hybridized carbons (Fsp3) is 0.462. The largest absolute Gasteiger partial charge is 0.495 e. The minimum Gasteiger partial charge on any atom is -0.495 e. The third-order valence-electron chi connectivity index (χ3n) is 3.19. The van der Waals surface area contributed by atoms with Crippen molar-refractivity contribution < 1.29 is 14.6 Å². The van der Waals surface area contributed by atoms with Gasteiger partial charge in [-0.3, -0.25) is 4.79 Å². The van der Waals surface area contributed by atoms with E-state index in [9.17, 15) is 4.79 Å². The van der Waals surface area contributed by atoms with E-state index in [-0.39, 0.29) is 12.3 Å². The van der Waals surface area contributed by atoms with Crippen molar-refractivity contribution in [2.24, 2.45) is 5.92 Å². The van der Waals surface area contributed by atoms with E-state index in [2.05, 4.69) is 0 Å². The molecule has 0 radical (unpaired) electrons. The molecule has 0 spiro atoms. The van der Waals surface area contributed by atoms with Crippen LogP contribution < -0.4 is 4.74 Å². The number of ether oxygens (including phenoxy) is 1. The Morgan fingerprint density at radius 3 is 2.82 bits per heavy atom. The van der Waals surface area contributed by atoms with Crippen molar-refractivity contribution in [3.63, 3.8) is 0 Å². The van der Waals surface area contributed by atoms with E-state index < -0.39 is 5.97 Å². The second-order valence-electron chi connectivity index (χ2n) is 4.40. The predicted molar refractivity (Wildman–Crippen MR) is 65.7 cm³/mol. The van der Waals surface area contributed by atoms with Gasteiger partial charge in [0.25, 0.3) is 0 Å². The molecule has 0 amide bonds. The summed E-state index contributed by atoms with van der Waals surface area (Å²) in [5.74, 6) is 0.316. The van der Waals surface area contributed by atoms with E-state index in [1.54, 1.807) is 13.2 Å². The zero-order chi connectivity index (χ0) is 12.4. The van der Waals surface area contributed by atoms with Crippen molar-refractivity contribution in [2.45, 2.75) is 25.2 Å². The molecule has 1 fully saturated rings. The summed E-state index contributed by atoms with van der Waals surface area (Å²) >= 11 is 6.06. The van der Waals surface area contributed by atoms with Gasteiger partial charge in [0, 0.05) is 5.92 Å². The van der Waals surface area contributed by atoms with E-state index >= 15 is 0 Å².